The highest BCUT2D eigenvalue weighted by Crippen LogP contribution is 2.14. The molecule has 0 aromatic carbocycles. The third-order valence-corrected chi connectivity index (χ3v) is 2.37. The Balaban J connectivity index is 2.64. The second kappa shape index (κ2) is 3.89. The molecule has 2 rings (SSSR count). The molecule has 0 radical (unpaired) electrons. The number of hydrogen-bond acceptors (Lipinski definition) is 3. The Morgan fingerprint density at radius 3 is 2.75 bits per heavy atom. The van der Waals surface area contributed by atoms with Gasteiger partial charge in [-0.05, 0) is 31.5 Å². The lowest BCUT2D eigenvalue weighted by Gasteiger charge is -2.06. The molecule has 82 valence electrons. The van der Waals surface area contributed by atoms with Gasteiger partial charge in [0.1, 0.15) is 5.69 Å². The Morgan fingerprint density at radius 2 is 2.12 bits per heavy atom. The molecular formula is C12H13N3O. The van der Waals surface area contributed by atoms with Crippen LogP contribution in [0.5, 0.6) is 0 Å². The highest BCUT2D eigenvalue weighted by atomic mass is 16.1. The van der Waals surface area contributed by atoms with E-state index in [-0.39, 0.29) is 5.78 Å². The Bertz CT molecular complexity index is 543. The van der Waals surface area contributed by atoms with Crippen LogP contribution in [0.15, 0.2) is 24.4 Å². The van der Waals surface area contributed by atoms with Crippen molar-refractivity contribution in [3.05, 3.63) is 41.3 Å². The fourth-order valence-corrected chi connectivity index (χ4v) is 1.61. The fourth-order valence-electron chi connectivity index (χ4n) is 1.61. The van der Waals surface area contributed by atoms with Crippen molar-refractivity contribution in [1.29, 1.82) is 0 Å². The summed E-state index contributed by atoms with van der Waals surface area (Å²) in [7, 11) is 0. The smallest absolute Gasteiger partial charge is 0.178 e. The number of aryl methyl sites for hydroxylation is 2. The first-order chi connectivity index (χ1) is 7.59. The van der Waals surface area contributed by atoms with Crippen molar-refractivity contribution in [2.24, 2.45) is 0 Å². The second-order valence-corrected chi connectivity index (χ2v) is 3.78. The summed E-state index contributed by atoms with van der Waals surface area (Å²) in [4.78, 5) is 15.7. The molecule has 0 bridgehead atoms. The van der Waals surface area contributed by atoms with Crippen LogP contribution in [0.3, 0.4) is 0 Å². The van der Waals surface area contributed by atoms with Crippen LogP contribution in [0.1, 0.15) is 28.7 Å². The average Bonchev–Trinajstić information content (AvgIpc) is 2.61. The van der Waals surface area contributed by atoms with Crippen molar-refractivity contribution in [1.82, 2.24) is 14.8 Å². The Hall–Kier alpha value is -1.97. The number of Topliss-reactive ketones (excluding diaryl/α,β-unsaturated/α-hetero) is 1. The number of carbonyl (C=O) groups excluding carboxylic acids is 1. The van der Waals surface area contributed by atoms with Gasteiger partial charge >= 0.3 is 0 Å². The van der Waals surface area contributed by atoms with Crippen LogP contribution < -0.4 is 0 Å². The molecule has 2 aromatic heterocycles. The van der Waals surface area contributed by atoms with Gasteiger partial charge in [-0.3, -0.25) is 4.79 Å². The fraction of sp³-hybridized carbons (Fsp3) is 0.250. The van der Waals surface area contributed by atoms with E-state index < -0.39 is 0 Å². The maximum atomic E-state index is 11.5. The molecule has 0 unspecified atom stereocenters. The number of pyridine rings is 1. The van der Waals surface area contributed by atoms with Gasteiger partial charge in [-0.25, -0.2) is 9.67 Å². The van der Waals surface area contributed by atoms with Gasteiger partial charge < -0.3 is 0 Å². The molecule has 0 N–H and O–H groups in total. The highest BCUT2D eigenvalue weighted by Gasteiger charge is 2.13. The van der Waals surface area contributed by atoms with Gasteiger partial charge in [-0.15, -0.1) is 0 Å². The molecule has 0 saturated heterocycles. The summed E-state index contributed by atoms with van der Waals surface area (Å²) in [6, 6.07) is 5.59. The van der Waals surface area contributed by atoms with E-state index >= 15 is 0 Å². The van der Waals surface area contributed by atoms with Gasteiger partial charge in [0.2, 0.25) is 0 Å². The van der Waals surface area contributed by atoms with Crippen LogP contribution in [-0.2, 0) is 0 Å². The molecular weight excluding hydrogens is 202 g/mol. The maximum Gasteiger partial charge on any atom is 0.178 e. The molecule has 0 spiro atoms. The van der Waals surface area contributed by atoms with Crippen molar-refractivity contribution in [2.75, 3.05) is 0 Å². The Kier molecular flexibility index (Phi) is 2.56. The van der Waals surface area contributed by atoms with E-state index in [2.05, 4.69) is 10.1 Å². The lowest BCUT2D eigenvalue weighted by Crippen LogP contribution is -2.09. The molecule has 2 heterocycles. The molecule has 4 nitrogen and oxygen atoms in total. The Morgan fingerprint density at radius 1 is 1.38 bits per heavy atom. The molecule has 0 aliphatic carbocycles. The number of hydrogen-bond donors (Lipinski definition) is 0. The van der Waals surface area contributed by atoms with Crippen molar-refractivity contribution in [3.8, 4) is 5.82 Å². The van der Waals surface area contributed by atoms with Crippen LogP contribution in [0.4, 0.5) is 0 Å². The molecule has 4 heteroatoms. The summed E-state index contributed by atoms with van der Waals surface area (Å²) in [6.45, 7) is 5.34. The monoisotopic (exact) mass is 215 g/mol. The average molecular weight is 215 g/mol. The lowest BCUT2D eigenvalue weighted by molar-refractivity contribution is 0.101. The third kappa shape index (κ3) is 1.74. The zero-order chi connectivity index (χ0) is 11.7. The predicted molar refractivity (Wildman–Crippen MR) is 60.8 cm³/mol. The first-order valence-electron chi connectivity index (χ1n) is 5.09. The number of carbonyl (C=O) groups is 1. The summed E-state index contributed by atoms with van der Waals surface area (Å²) in [5.41, 5.74) is 2.38. The highest BCUT2D eigenvalue weighted by molar-refractivity contribution is 5.93. The van der Waals surface area contributed by atoms with E-state index in [0.29, 0.717) is 11.5 Å². The quantitative estimate of drug-likeness (QED) is 0.721. The molecule has 0 fully saturated rings. The standard InChI is InChI=1S/C12H13N3O/c1-8-5-4-6-13-12(8)15-11(10(3)16)7-9(2)14-15/h4-7H,1-3H3. The number of rotatable bonds is 2. The van der Waals surface area contributed by atoms with Crippen molar-refractivity contribution >= 4 is 5.78 Å². The zero-order valence-corrected chi connectivity index (χ0v) is 9.56. The van der Waals surface area contributed by atoms with Crippen LogP contribution in [-0.4, -0.2) is 20.5 Å². The molecule has 0 amide bonds. The zero-order valence-electron chi connectivity index (χ0n) is 9.56. The van der Waals surface area contributed by atoms with Gasteiger partial charge in [0.05, 0.1) is 5.69 Å². The second-order valence-electron chi connectivity index (χ2n) is 3.78. The molecule has 0 atom stereocenters. The van der Waals surface area contributed by atoms with E-state index in [9.17, 15) is 4.79 Å². The summed E-state index contributed by atoms with van der Waals surface area (Å²) < 4.78 is 1.60. The number of aromatic nitrogens is 3. The van der Waals surface area contributed by atoms with Crippen molar-refractivity contribution in [2.45, 2.75) is 20.8 Å². The minimum atomic E-state index is -0.00865. The van der Waals surface area contributed by atoms with Crippen LogP contribution in [0.2, 0.25) is 0 Å². The maximum absolute atomic E-state index is 11.5. The number of nitrogens with zero attached hydrogens (tertiary/aromatic N) is 3. The molecule has 2 aromatic rings. The van der Waals surface area contributed by atoms with E-state index in [1.807, 2.05) is 26.0 Å². The molecule has 16 heavy (non-hydrogen) atoms. The summed E-state index contributed by atoms with van der Waals surface area (Å²) in [5, 5.41) is 4.30. The van der Waals surface area contributed by atoms with Crippen LogP contribution in [0, 0.1) is 13.8 Å². The largest absolute Gasteiger partial charge is 0.293 e. The van der Waals surface area contributed by atoms with E-state index in [1.165, 1.54) is 6.92 Å². The minimum absolute atomic E-state index is 0.00865. The molecule has 0 aliphatic heterocycles. The Labute approximate surface area is 93.9 Å². The lowest BCUT2D eigenvalue weighted by atomic mass is 10.2. The van der Waals surface area contributed by atoms with E-state index in [1.54, 1.807) is 16.9 Å². The van der Waals surface area contributed by atoms with Gasteiger partial charge in [0.25, 0.3) is 0 Å². The van der Waals surface area contributed by atoms with Gasteiger partial charge in [-0.1, -0.05) is 6.07 Å². The van der Waals surface area contributed by atoms with Gasteiger partial charge in [0.15, 0.2) is 11.6 Å². The van der Waals surface area contributed by atoms with E-state index in [0.717, 1.165) is 11.3 Å². The first-order valence-corrected chi connectivity index (χ1v) is 5.09. The van der Waals surface area contributed by atoms with Crippen molar-refractivity contribution < 1.29 is 4.79 Å². The predicted octanol–water partition coefficient (Wildman–Crippen LogP) is 2.09. The molecule has 0 saturated carbocycles. The normalized spacial score (nSPS) is 10.4. The minimum Gasteiger partial charge on any atom is -0.293 e. The third-order valence-electron chi connectivity index (χ3n) is 2.37. The van der Waals surface area contributed by atoms with Gasteiger partial charge in [0, 0.05) is 13.1 Å². The summed E-state index contributed by atoms with van der Waals surface area (Å²) >= 11 is 0. The summed E-state index contributed by atoms with van der Waals surface area (Å²) in [6.07, 6.45) is 1.70. The summed E-state index contributed by atoms with van der Waals surface area (Å²) in [5.74, 6) is 0.700. The van der Waals surface area contributed by atoms with Crippen LogP contribution >= 0.6 is 0 Å². The van der Waals surface area contributed by atoms with Gasteiger partial charge in [-0.2, -0.15) is 5.10 Å². The first kappa shape index (κ1) is 10.5. The number of ketones is 1. The molecule has 0 aliphatic rings. The SMILES string of the molecule is CC(=O)c1cc(C)nn1-c1ncccc1C. The van der Waals surface area contributed by atoms with Crippen molar-refractivity contribution in [3.63, 3.8) is 0 Å². The topological polar surface area (TPSA) is 47.8 Å². The van der Waals surface area contributed by atoms with E-state index in [4.69, 9.17) is 0 Å². The van der Waals surface area contributed by atoms with Crippen LogP contribution in [0.25, 0.3) is 5.82 Å².